The lowest BCUT2D eigenvalue weighted by Crippen LogP contribution is -2.23. The van der Waals surface area contributed by atoms with E-state index in [1.165, 1.54) is 19.8 Å². The molecule has 3 N–H and O–H groups in total. The molecule has 1 aliphatic rings. The van der Waals surface area contributed by atoms with Crippen LogP contribution in [0.4, 0.5) is 11.4 Å². The van der Waals surface area contributed by atoms with Crippen LogP contribution in [0.15, 0.2) is 18.2 Å². The lowest BCUT2D eigenvalue weighted by Gasteiger charge is -2.10. The number of carbonyl (C=O) groups excluding carboxylic acids is 2. The van der Waals surface area contributed by atoms with Crippen molar-refractivity contribution in [1.29, 1.82) is 0 Å². The van der Waals surface area contributed by atoms with Crippen LogP contribution in [0.5, 0.6) is 0 Å². The summed E-state index contributed by atoms with van der Waals surface area (Å²) >= 11 is 0. The summed E-state index contributed by atoms with van der Waals surface area (Å²) in [6.07, 6.45) is 2.93. The largest absolute Gasteiger partial charge is 0.326 e. The second-order valence-corrected chi connectivity index (χ2v) is 5.24. The monoisotopic (exact) mass is 275 g/mol. The molecule has 20 heavy (non-hydrogen) atoms. The van der Waals surface area contributed by atoms with E-state index in [0.29, 0.717) is 12.5 Å². The van der Waals surface area contributed by atoms with Crippen molar-refractivity contribution < 1.29 is 9.59 Å². The van der Waals surface area contributed by atoms with Crippen molar-refractivity contribution in [2.45, 2.75) is 39.2 Å². The van der Waals surface area contributed by atoms with E-state index in [9.17, 15) is 9.59 Å². The van der Waals surface area contributed by atoms with Crippen LogP contribution in [-0.4, -0.2) is 24.4 Å². The second-order valence-electron chi connectivity index (χ2n) is 5.24. The fourth-order valence-electron chi connectivity index (χ4n) is 1.97. The highest BCUT2D eigenvalue weighted by atomic mass is 16.2. The van der Waals surface area contributed by atoms with E-state index in [-0.39, 0.29) is 11.8 Å². The molecule has 0 heterocycles. The molecule has 0 spiro atoms. The lowest BCUT2D eigenvalue weighted by atomic mass is 10.1. The number of hydrogen-bond acceptors (Lipinski definition) is 3. The molecule has 1 aromatic carbocycles. The Morgan fingerprint density at radius 3 is 2.60 bits per heavy atom. The van der Waals surface area contributed by atoms with Gasteiger partial charge in [-0.2, -0.15) is 0 Å². The maximum Gasteiger partial charge on any atom is 0.225 e. The Morgan fingerprint density at radius 2 is 2.00 bits per heavy atom. The summed E-state index contributed by atoms with van der Waals surface area (Å²) in [5.74, 6) is -0.0964. The van der Waals surface area contributed by atoms with Gasteiger partial charge < -0.3 is 16.0 Å². The van der Waals surface area contributed by atoms with Gasteiger partial charge in [-0.25, -0.2) is 0 Å². The summed E-state index contributed by atoms with van der Waals surface area (Å²) in [7, 11) is 0. The minimum absolute atomic E-state index is 0.00447. The second kappa shape index (κ2) is 6.52. The maximum absolute atomic E-state index is 11.8. The third kappa shape index (κ3) is 4.66. The highest BCUT2D eigenvalue weighted by Crippen LogP contribution is 2.20. The number of anilines is 2. The van der Waals surface area contributed by atoms with Gasteiger partial charge in [-0.1, -0.05) is 0 Å². The molecule has 0 saturated heterocycles. The SMILES string of the molecule is CC(=O)Nc1ccc(NC(=O)CCNC2CC2)cc1C. The zero-order valence-electron chi connectivity index (χ0n) is 12.0. The van der Waals surface area contributed by atoms with Crippen molar-refractivity contribution in [3.8, 4) is 0 Å². The highest BCUT2D eigenvalue weighted by Gasteiger charge is 2.20. The predicted octanol–water partition coefficient (Wildman–Crippen LogP) is 2.03. The van der Waals surface area contributed by atoms with E-state index in [2.05, 4.69) is 16.0 Å². The molecule has 0 unspecified atom stereocenters. The molecule has 2 amide bonds. The van der Waals surface area contributed by atoms with Gasteiger partial charge in [0.2, 0.25) is 11.8 Å². The molecule has 0 bridgehead atoms. The van der Waals surface area contributed by atoms with Gasteiger partial charge >= 0.3 is 0 Å². The van der Waals surface area contributed by atoms with Crippen LogP contribution in [0, 0.1) is 6.92 Å². The Kier molecular flexibility index (Phi) is 4.74. The van der Waals surface area contributed by atoms with E-state index in [1.807, 2.05) is 13.0 Å². The predicted molar refractivity (Wildman–Crippen MR) is 79.8 cm³/mol. The minimum atomic E-state index is -0.101. The van der Waals surface area contributed by atoms with E-state index < -0.39 is 0 Å². The first-order valence-electron chi connectivity index (χ1n) is 6.96. The molecule has 5 heteroatoms. The number of carbonyl (C=O) groups is 2. The first-order chi connectivity index (χ1) is 9.54. The van der Waals surface area contributed by atoms with Gasteiger partial charge in [0.15, 0.2) is 0 Å². The average molecular weight is 275 g/mol. The molecule has 0 radical (unpaired) electrons. The molecular formula is C15H21N3O2. The van der Waals surface area contributed by atoms with Crippen LogP contribution in [0.25, 0.3) is 0 Å². The topological polar surface area (TPSA) is 70.2 Å². The zero-order valence-corrected chi connectivity index (χ0v) is 12.0. The number of hydrogen-bond donors (Lipinski definition) is 3. The third-order valence-corrected chi connectivity index (χ3v) is 3.18. The van der Waals surface area contributed by atoms with Gasteiger partial charge in [-0.05, 0) is 43.5 Å². The van der Waals surface area contributed by atoms with Gasteiger partial charge in [0, 0.05) is 37.3 Å². The standard InChI is InChI=1S/C15H21N3O2/c1-10-9-13(5-6-14(10)17-11(2)19)18-15(20)7-8-16-12-3-4-12/h5-6,9,12,16H,3-4,7-8H2,1-2H3,(H,17,19)(H,18,20). The van der Waals surface area contributed by atoms with Crippen molar-refractivity contribution in [2.24, 2.45) is 0 Å². The van der Waals surface area contributed by atoms with E-state index in [0.717, 1.165) is 23.5 Å². The smallest absolute Gasteiger partial charge is 0.225 e. The highest BCUT2D eigenvalue weighted by molar-refractivity contribution is 5.93. The summed E-state index contributed by atoms with van der Waals surface area (Å²) in [5, 5.41) is 8.92. The van der Waals surface area contributed by atoms with Gasteiger partial charge in [-0.15, -0.1) is 0 Å². The first-order valence-corrected chi connectivity index (χ1v) is 6.96. The minimum Gasteiger partial charge on any atom is -0.326 e. The molecule has 0 aliphatic heterocycles. The third-order valence-electron chi connectivity index (χ3n) is 3.18. The zero-order chi connectivity index (χ0) is 14.5. The summed E-state index contributed by atoms with van der Waals surface area (Å²) in [6, 6.07) is 6.08. The molecule has 5 nitrogen and oxygen atoms in total. The quantitative estimate of drug-likeness (QED) is 0.744. The molecule has 1 aliphatic carbocycles. The average Bonchev–Trinajstić information content (AvgIpc) is 3.16. The van der Waals surface area contributed by atoms with Gasteiger partial charge in [0.05, 0.1) is 0 Å². The summed E-state index contributed by atoms with van der Waals surface area (Å²) in [6.45, 7) is 4.09. The van der Waals surface area contributed by atoms with Crippen LogP contribution in [0.2, 0.25) is 0 Å². The van der Waals surface area contributed by atoms with Crippen LogP contribution >= 0.6 is 0 Å². The number of amides is 2. The Hall–Kier alpha value is -1.88. The van der Waals surface area contributed by atoms with Crippen molar-refractivity contribution in [1.82, 2.24) is 5.32 Å². The van der Waals surface area contributed by atoms with Crippen molar-refractivity contribution in [2.75, 3.05) is 17.2 Å². The van der Waals surface area contributed by atoms with Crippen LogP contribution in [0.1, 0.15) is 31.7 Å². The molecule has 0 atom stereocenters. The molecule has 2 rings (SSSR count). The normalized spacial score (nSPS) is 13.9. The van der Waals surface area contributed by atoms with Gasteiger partial charge in [0.1, 0.15) is 0 Å². The summed E-state index contributed by atoms with van der Waals surface area (Å²) < 4.78 is 0. The fourth-order valence-corrected chi connectivity index (χ4v) is 1.97. The molecule has 1 fully saturated rings. The van der Waals surface area contributed by atoms with Crippen LogP contribution < -0.4 is 16.0 Å². The number of aryl methyl sites for hydroxylation is 1. The lowest BCUT2D eigenvalue weighted by molar-refractivity contribution is -0.116. The van der Waals surface area contributed by atoms with E-state index >= 15 is 0 Å². The van der Waals surface area contributed by atoms with Gasteiger partial charge in [-0.3, -0.25) is 9.59 Å². The Morgan fingerprint density at radius 1 is 1.25 bits per heavy atom. The van der Waals surface area contributed by atoms with Crippen LogP contribution in [0.3, 0.4) is 0 Å². The first kappa shape index (κ1) is 14.5. The molecule has 0 aromatic heterocycles. The van der Waals surface area contributed by atoms with Crippen molar-refractivity contribution in [3.63, 3.8) is 0 Å². The molecule has 1 aromatic rings. The molecule has 1 saturated carbocycles. The Balaban J connectivity index is 1.83. The number of benzene rings is 1. The van der Waals surface area contributed by atoms with Gasteiger partial charge in [0.25, 0.3) is 0 Å². The molecule has 108 valence electrons. The fraction of sp³-hybridized carbons (Fsp3) is 0.467. The van der Waals surface area contributed by atoms with Crippen LogP contribution in [-0.2, 0) is 9.59 Å². The van der Waals surface area contributed by atoms with Crippen molar-refractivity contribution in [3.05, 3.63) is 23.8 Å². The number of rotatable bonds is 6. The summed E-state index contributed by atoms with van der Waals surface area (Å²) in [4.78, 5) is 22.8. The van der Waals surface area contributed by atoms with E-state index in [1.54, 1.807) is 12.1 Å². The Bertz CT molecular complexity index is 510. The summed E-state index contributed by atoms with van der Waals surface area (Å²) in [5.41, 5.74) is 2.45. The number of nitrogens with one attached hydrogen (secondary N) is 3. The van der Waals surface area contributed by atoms with Crippen molar-refractivity contribution >= 4 is 23.2 Å². The maximum atomic E-state index is 11.8. The molecular weight excluding hydrogens is 254 g/mol. The van der Waals surface area contributed by atoms with E-state index in [4.69, 9.17) is 0 Å². The Labute approximate surface area is 119 Å².